The van der Waals surface area contributed by atoms with E-state index in [-0.39, 0.29) is 49.0 Å². The minimum absolute atomic E-state index is 0.0314. The van der Waals surface area contributed by atoms with E-state index in [9.17, 15) is 27.5 Å². The predicted molar refractivity (Wildman–Crippen MR) is 146 cm³/mol. The van der Waals surface area contributed by atoms with Gasteiger partial charge in [-0.15, -0.1) is 0 Å². The van der Waals surface area contributed by atoms with Crippen molar-refractivity contribution in [3.63, 3.8) is 0 Å². The van der Waals surface area contributed by atoms with E-state index in [1.165, 1.54) is 12.1 Å². The molecule has 1 saturated heterocycles. The standard InChI is InChI=1S/C31H44F4O6/c1-2-17-38-29(37)13-6-4-3-5-12-25-26(28(20-27(25)36)41-30-14-7-8-18-39-30)16-15-23(32)21-40-24-11-9-10-22(19-24)31(33,34)35/h3,5,9-11,19,23,25-28,30,36H,2,4,6-8,12-18,20-21H2,1H3/t23-,25-,26-,27+,28-,30?/m1/s1. The van der Waals surface area contributed by atoms with Gasteiger partial charge in [0.15, 0.2) is 6.29 Å². The molecule has 6 atom stereocenters. The summed E-state index contributed by atoms with van der Waals surface area (Å²) in [6.07, 6.45) is 3.77. The molecule has 1 saturated carbocycles. The first kappa shape index (κ1) is 33.3. The number of unbranched alkanes of at least 4 members (excludes halogenated alkanes) is 1. The molecule has 1 aromatic rings. The zero-order valence-corrected chi connectivity index (χ0v) is 23.8. The summed E-state index contributed by atoms with van der Waals surface area (Å²) in [5.74, 6) is -0.479. The van der Waals surface area contributed by atoms with Crippen LogP contribution in [0.4, 0.5) is 17.6 Å². The Labute approximate surface area is 240 Å². The number of halogens is 4. The molecule has 0 spiro atoms. The van der Waals surface area contributed by atoms with E-state index in [0.29, 0.717) is 51.7 Å². The van der Waals surface area contributed by atoms with Crippen LogP contribution in [0.5, 0.6) is 5.75 Å². The summed E-state index contributed by atoms with van der Waals surface area (Å²) in [6, 6.07) is 4.42. The summed E-state index contributed by atoms with van der Waals surface area (Å²) in [5.41, 5.74) is -0.845. The number of esters is 1. The smallest absolute Gasteiger partial charge is 0.416 e. The molecule has 0 amide bonds. The normalized spacial score (nSPS) is 25.9. The van der Waals surface area contributed by atoms with Gasteiger partial charge in [0.25, 0.3) is 0 Å². The molecule has 6 nitrogen and oxygen atoms in total. The third-order valence-corrected chi connectivity index (χ3v) is 7.66. The van der Waals surface area contributed by atoms with Crippen molar-refractivity contribution >= 4 is 5.97 Å². The number of rotatable bonds is 16. The van der Waals surface area contributed by atoms with Crippen LogP contribution in [0.25, 0.3) is 0 Å². The Morgan fingerprint density at radius 1 is 1.22 bits per heavy atom. The van der Waals surface area contributed by atoms with Gasteiger partial charge in [0.1, 0.15) is 18.5 Å². The SMILES string of the molecule is CCCOC(=O)CCCC=CC[C@@H]1[C@@H](CC[C@@H](F)COc2cccc(C(F)(F)F)c2)[C@H](OC2CCCCO2)C[C@@H]1O. The summed E-state index contributed by atoms with van der Waals surface area (Å²) in [7, 11) is 0. The molecule has 232 valence electrons. The van der Waals surface area contributed by atoms with Crippen molar-refractivity contribution in [2.24, 2.45) is 11.8 Å². The first-order valence-corrected chi connectivity index (χ1v) is 14.9. The average molecular weight is 589 g/mol. The van der Waals surface area contributed by atoms with Crippen LogP contribution in [0.3, 0.4) is 0 Å². The molecule has 1 N–H and O–H groups in total. The molecule has 3 rings (SSSR count). The number of ether oxygens (including phenoxy) is 4. The van der Waals surface area contributed by atoms with E-state index < -0.39 is 24.0 Å². The molecular weight excluding hydrogens is 544 g/mol. The van der Waals surface area contributed by atoms with Gasteiger partial charge in [-0.25, -0.2) is 4.39 Å². The molecule has 2 aliphatic rings. The van der Waals surface area contributed by atoms with Crippen molar-refractivity contribution in [1.29, 1.82) is 0 Å². The van der Waals surface area contributed by atoms with Crippen molar-refractivity contribution in [3.8, 4) is 5.75 Å². The second-order valence-electron chi connectivity index (χ2n) is 10.9. The van der Waals surface area contributed by atoms with Crippen LogP contribution in [0.2, 0.25) is 0 Å². The van der Waals surface area contributed by atoms with Crippen LogP contribution in [-0.4, -0.2) is 55.6 Å². The second kappa shape index (κ2) is 17.1. The summed E-state index contributed by atoms with van der Waals surface area (Å²) >= 11 is 0. The Morgan fingerprint density at radius 2 is 2.05 bits per heavy atom. The van der Waals surface area contributed by atoms with Crippen molar-refractivity contribution in [2.75, 3.05) is 19.8 Å². The van der Waals surface area contributed by atoms with Crippen LogP contribution in [0.1, 0.15) is 83.1 Å². The van der Waals surface area contributed by atoms with Crippen molar-refractivity contribution in [2.45, 2.75) is 108 Å². The topological polar surface area (TPSA) is 74.2 Å². The number of carbonyl (C=O) groups is 1. The number of aliphatic hydroxyl groups is 1. The largest absolute Gasteiger partial charge is 0.491 e. The highest BCUT2D eigenvalue weighted by atomic mass is 19.4. The molecule has 1 aliphatic heterocycles. The first-order chi connectivity index (χ1) is 19.7. The Balaban J connectivity index is 1.53. The van der Waals surface area contributed by atoms with Gasteiger partial charge in [-0.05, 0) is 87.8 Å². The quantitative estimate of drug-likeness (QED) is 0.0955. The van der Waals surface area contributed by atoms with Crippen LogP contribution < -0.4 is 4.74 Å². The monoisotopic (exact) mass is 588 g/mol. The van der Waals surface area contributed by atoms with Gasteiger partial charge >= 0.3 is 12.1 Å². The molecule has 1 aliphatic carbocycles. The van der Waals surface area contributed by atoms with Crippen LogP contribution in [0.15, 0.2) is 36.4 Å². The van der Waals surface area contributed by atoms with Gasteiger partial charge in [-0.1, -0.05) is 25.1 Å². The number of carbonyl (C=O) groups excluding carboxylic acids is 1. The summed E-state index contributed by atoms with van der Waals surface area (Å²) in [6.45, 7) is 2.64. The summed E-state index contributed by atoms with van der Waals surface area (Å²) in [4.78, 5) is 11.6. The minimum atomic E-state index is -4.50. The fraction of sp³-hybridized carbons (Fsp3) is 0.710. The highest BCUT2D eigenvalue weighted by molar-refractivity contribution is 5.69. The fourth-order valence-corrected chi connectivity index (χ4v) is 5.48. The predicted octanol–water partition coefficient (Wildman–Crippen LogP) is 7.18. The molecule has 0 radical (unpaired) electrons. The third kappa shape index (κ3) is 11.6. The van der Waals surface area contributed by atoms with Gasteiger partial charge in [0.2, 0.25) is 0 Å². The van der Waals surface area contributed by atoms with Gasteiger partial charge in [-0.3, -0.25) is 4.79 Å². The van der Waals surface area contributed by atoms with Gasteiger partial charge in [0.05, 0.1) is 24.4 Å². The van der Waals surface area contributed by atoms with E-state index in [1.54, 1.807) is 0 Å². The van der Waals surface area contributed by atoms with E-state index >= 15 is 0 Å². The molecule has 10 heteroatoms. The molecule has 1 aromatic carbocycles. The highest BCUT2D eigenvalue weighted by Gasteiger charge is 2.43. The molecule has 0 bridgehead atoms. The molecule has 1 unspecified atom stereocenters. The molecule has 0 aromatic heterocycles. The molecule has 1 heterocycles. The van der Waals surface area contributed by atoms with Crippen LogP contribution in [0, 0.1) is 11.8 Å². The number of hydrogen-bond acceptors (Lipinski definition) is 6. The van der Waals surface area contributed by atoms with Crippen LogP contribution >= 0.6 is 0 Å². The Hall–Kier alpha value is -2.17. The zero-order chi connectivity index (χ0) is 29.7. The lowest BCUT2D eigenvalue weighted by molar-refractivity contribution is -0.196. The minimum Gasteiger partial charge on any atom is -0.491 e. The van der Waals surface area contributed by atoms with E-state index in [0.717, 1.165) is 37.8 Å². The summed E-state index contributed by atoms with van der Waals surface area (Å²) < 4.78 is 76.2. The van der Waals surface area contributed by atoms with E-state index in [2.05, 4.69) is 0 Å². The van der Waals surface area contributed by atoms with E-state index in [1.807, 2.05) is 19.1 Å². The molecule has 2 fully saturated rings. The lowest BCUT2D eigenvalue weighted by atomic mass is 9.86. The van der Waals surface area contributed by atoms with Gasteiger partial charge < -0.3 is 24.1 Å². The lowest BCUT2D eigenvalue weighted by Gasteiger charge is -2.30. The first-order valence-electron chi connectivity index (χ1n) is 14.9. The number of alkyl halides is 4. The Kier molecular flexibility index (Phi) is 13.9. The summed E-state index contributed by atoms with van der Waals surface area (Å²) in [5, 5.41) is 10.9. The Morgan fingerprint density at radius 3 is 2.78 bits per heavy atom. The van der Waals surface area contributed by atoms with Crippen molar-refractivity contribution in [3.05, 3.63) is 42.0 Å². The number of allylic oxidation sites excluding steroid dienone is 2. The maximum atomic E-state index is 14.9. The number of benzene rings is 1. The molecule has 41 heavy (non-hydrogen) atoms. The zero-order valence-electron chi connectivity index (χ0n) is 23.8. The maximum Gasteiger partial charge on any atom is 0.416 e. The number of aliphatic hydroxyl groups excluding tert-OH is 1. The number of hydrogen-bond donors (Lipinski definition) is 1. The second-order valence-corrected chi connectivity index (χ2v) is 10.9. The lowest BCUT2D eigenvalue weighted by Crippen LogP contribution is -2.32. The van der Waals surface area contributed by atoms with Crippen molar-refractivity contribution < 1.29 is 46.4 Å². The Bertz CT molecular complexity index is 933. The van der Waals surface area contributed by atoms with Crippen LogP contribution in [-0.2, 0) is 25.2 Å². The average Bonchev–Trinajstić information content (AvgIpc) is 3.24. The van der Waals surface area contributed by atoms with Gasteiger partial charge in [-0.2, -0.15) is 13.2 Å². The molecular formula is C31H44F4O6. The van der Waals surface area contributed by atoms with Gasteiger partial charge in [0, 0.05) is 19.4 Å². The van der Waals surface area contributed by atoms with E-state index in [4.69, 9.17) is 18.9 Å². The maximum absolute atomic E-state index is 14.9. The highest BCUT2D eigenvalue weighted by Crippen LogP contribution is 2.41. The third-order valence-electron chi connectivity index (χ3n) is 7.66. The van der Waals surface area contributed by atoms with Crippen molar-refractivity contribution in [1.82, 2.24) is 0 Å². The fourth-order valence-electron chi connectivity index (χ4n) is 5.48.